The van der Waals surface area contributed by atoms with Gasteiger partial charge in [0.2, 0.25) is 5.91 Å². The van der Waals surface area contributed by atoms with Crippen molar-refractivity contribution in [1.29, 1.82) is 0 Å². The lowest BCUT2D eigenvalue weighted by Crippen LogP contribution is -2.33. The predicted molar refractivity (Wildman–Crippen MR) is 115 cm³/mol. The molecule has 0 bridgehead atoms. The largest absolute Gasteiger partial charge is 0.496 e. The average molecular weight is 429 g/mol. The lowest BCUT2D eigenvalue weighted by atomic mass is 9.98. The van der Waals surface area contributed by atoms with E-state index in [4.69, 9.17) is 4.74 Å². The number of halogens is 1. The number of anilines is 2. The number of benzene rings is 2. The fourth-order valence-electron chi connectivity index (χ4n) is 3.28. The third kappa shape index (κ3) is 5.13. The molecule has 2 aromatic rings. The van der Waals surface area contributed by atoms with Gasteiger partial charge >= 0.3 is 0 Å². The molecule has 0 unspecified atom stereocenters. The molecule has 2 aromatic carbocycles. The van der Waals surface area contributed by atoms with Crippen molar-refractivity contribution in [3.8, 4) is 5.75 Å². The highest BCUT2D eigenvalue weighted by Crippen LogP contribution is 2.30. The van der Waals surface area contributed by atoms with Crippen LogP contribution >= 0.6 is 15.9 Å². The van der Waals surface area contributed by atoms with Crippen LogP contribution in [0, 0.1) is 5.92 Å². The number of nitrogens with zero attached hydrogens (tertiary/aromatic N) is 1. The molecule has 0 atom stereocenters. The van der Waals surface area contributed by atoms with Crippen molar-refractivity contribution in [2.75, 3.05) is 30.4 Å². The Bertz CT molecular complexity index is 827. The van der Waals surface area contributed by atoms with E-state index < -0.39 is 0 Å². The van der Waals surface area contributed by atoms with Crippen LogP contribution in [0.15, 0.2) is 53.0 Å². The zero-order chi connectivity index (χ0) is 19.2. The lowest BCUT2D eigenvalue weighted by molar-refractivity contribution is -0.111. The van der Waals surface area contributed by atoms with Crippen LogP contribution in [-0.2, 0) is 4.79 Å². The van der Waals surface area contributed by atoms with Gasteiger partial charge in [0.1, 0.15) is 5.75 Å². The van der Waals surface area contributed by atoms with Crippen LogP contribution in [0.5, 0.6) is 5.75 Å². The van der Waals surface area contributed by atoms with Gasteiger partial charge in [-0.25, -0.2) is 0 Å². The van der Waals surface area contributed by atoms with Gasteiger partial charge in [-0.05, 0) is 55.2 Å². The van der Waals surface area contributed by atoms with Gasteiger partial charge in [0, 0.05) is 29.2 Å². The lowest BCUT2D eigenvalue weighted by Gasteiger charge is -2.33. The van der Waals surface area contributed by atoms with Crippen molar-refractivity contribution in [2.24, 2.45) is 5.92 Å². The second-order valence-electron chi connectivity index (χ2n) is 6.90. The van der Waals surface area contributed by atoms with Crippen LogP contribution in [0.3, 0.4) is 0 Å². The molecular weight excluding hydrogens is 404 g/mol. The van der Waals surface area contributed by atoms with E-state index in [9.17, 15) is 4.79 Å². The van der Waals surface area contributed by atoms with Crippen molar-refractivity contribution in [3.63, 3.8) is 0 Å². The molecule has 0 saturated carbocycles. The molecule has 0 spiro atoms. The molecule has 0 aromatic heterocycles. The third-order valence-electron chi connectivity index (χ3n) is 4.89. The quantitative estimate of drug-likeness (QED) is 0.652. The molecular formula is C22H25BrN2O2. The van der Waals surface area contributed by atoms with Crippen LogP contribution in [-0.4, -0.2) is 26.1 Å². The average Bonchev–Trinajstić information content (AvgIpc) is 2.68. The van der Waals surface area contributed by atoms with Crippen molar-refractivity contribution >= 4 is 39.3 Å². The normalized spacial score (nSPS) is 15.1. The van der Waals surface area contributed by atoms with Gasteiger partial charge in [-0.15, -0.1) is 0 Å². The number of para-hydroxylation sites is 2. The van der Waals surface area contributed by atoms with Crippen LogP contribution in [0.2, 0.25) is 0 Å². The first-order valence-corrected chi connectivity index (χ1v) is 10.0. The molecule has 27 heavy (non-hydrogen) atoms. The Hall–Kier alpha value is -2.27. The maximum atomic E-state index is 12.5. The van der Waals surface area contributed by atoms with Gasteiger partial charge in [-0.3, -0.25) is 4.79 Å². The number of nitrogens with one attached hydrogen (secondary N) is 1. The van der Waals surface area contributed by atoms with E-state index in [-0.39, 0.29) is 5.91 Å². The number of methoxy groups -OCH3 is 1. The number of ether oxygens (including phenoxy) is 1. The number of rotatable bonds is 5. The summed E-state index contributed by atoms with van der Waals surface area (Å²) in [6.45, 7) is 4.35. The first-order valence-electron chi connectivity index (χ1n) is 9.23. The molecule has 142 valence electrons. The second-order valence-corrected chi connectivity index (χ2v) is 7.81. The molecule has 1 aliphatic heterocycles. The number of hydrogen-bond acceptors (Lipinski definition) is 3. The molecule has 1 aliphatic rings. The van der Waals surface area contributed by atoms with Gasteiger partial charge in [0.25, 0.3) is 0 Å². The summed E-state index contributed by atoms with van der Waals surface area (Å²) < 4.78 is 6.29. The Kier molecular flexibility index (Phi) is 6.56. The highest BCUT2D eigenvalue weighted by molar-refractivity contribution is 9.10. The van der Waals surface area contributed by atoms with Crippen molar-refractivity contribution in [3.05, 3.63) is 58.6 Å². The minimum absolute atomic E-state index is 0.158. The number of carbonyl (C=O) groups is 1. The number of carbonyl (C=O) groups excluding carboxylic acids is 1. The molecule has 1 N–H and O–H groups in total. The third-order valence-corrected chi connectivity index (χ3v) is 5.39. The monoisotopic (exact) mass is 428 g/mol. The smallest absolute Gasteiger partial charge is 0.248 e. The van der Waals surface area contributed by atoms with Crippen molar-refractivity contribution in [1.82, 2.24) is 0 Å². The van der Waals surface area contributed by atoms with Crippen LogP contribution in [0.4, 0.5) is 11.4 Å². The Morgan fingerprint density at radius 1 is 1.22 bits per heavy atom. The summed E-state index contributed by atoms with van der Waals surface area (Å²) in [5, 5.41) is 3.02. The summed E-state index contributed by atoms with van der Waals surface area (Å²) >= 11 is 3.45. The van der Waals surface area contributed by atoms with Crippen LogP contribution in [0.1, 0.15) is 25.3 Å². The highest BCUT2D eigenvalue weighted by atomic mass is 79.9. The van der Waals surface area contributed by atoms with E-state index in [1.165, 1.54) is 12.8 Å². The maximum Gasteiger partial charge on any atom is 0.248 e. The molecule has 1 fully saturated rings. The van der Waals surface area contributed by atoms with Crippen LogP contribution < -0.4 is 15.0 Å². The molecule has 3 rings (SSSR count). The number of hydrogen-bond donors (Lipinski definition) is 1. The summed E-state index contributed by atoms with van der Waals surface area (Å²) in [6, 6.07) is 13.7. The number of amides is 1. The molecule has 1 saturated heterocycles. The highest BCUT2D eigenvalue weighted by Gasteiger charge is 2.18. The van der Waals surface area contributed by atoms with E-state index in [1.54, 1.807) is 19.3 Å². The minimum atomic E-state index is -0.158. The summed E-state index contributed by atoms with van der Waals surface area (Å²) in [5.41, 5.74) is 2.79. The first kappa shape index (κ1) is 19.5. The molecule has 5 heteroatoms. The van der Waals surface area contributed by atoms with Crippen LogP contribution in [0.25, 0.3) is 6.08 Å². The first-order chi connectivity index (χ1) is 13.1. The standard InChI is InChI=1S/C22H25BrN2O2/c1-16-11-13-25(14-12-16)20-6-4-3-5-19(20)24-22(26)10-7-17-15-18(23)8-9-21(17)27-2/h3-10,15-16H,11-14H2,1-2H3,(H,24,26). The minimum Gasteiger partial charge on any atom is -0.496 e. The molecule has 1 heterocycles. The van der Waals surface area contributed by atoms with E-state index >= 15 is 0 Å². The second kappa shape index (κ2) is 9.09. The Morgan fingerprint density at radius 3 is 2.70 bits per heavy atom. The zero-order valence-corrected chi connectivity index (χ0v) is 17.3. The Labute approximate surface area is 169 Å². The molecule has 4 nitrogen and oxygen atoms in total. The summed E-state index contributed by atoms with van der Waals surface area (Å²) in [4.78, 5) is 14.8. The van der Waals surface area contributed by atoms with E-state index in [0.717, 1.165) is 46.2 Å². The van der Waals surface area contributed by atoms with Gasteiger partial charge in [-0.1, -0.05) is 35.0 Å². The Balaban J connectivity index is 1.72. The van der Waals surface area contributed by atoms with E-state index in [2.05, 4.69) is 39.1 Å². The number of piperidine rings is 1. The predicted octanol–water partition coefficient (Wildman–Crippen LogP) is 5.35. The van der Waals surface area contributed by atoms with Gasteiger partial charge in [0.05, 0.1) is 18.5 Å². The SMILES string of the molecule is COc1ccc(Br)cc1C=CC(=O)Nc1ccccc1N1CCC(C)CC1. The summed E-state index contributed by atoms with van der Waals surface area (Å²) in [5.74, 6) is 1.34. The molecule has 0 aliphatic carbocycles. The van der Waals surface area contributed by atoms with E-state index in [0.29, 0.717) is 0 Å². The van der Waals surface area contributed by atoms with E-state index in [1.807, 2.05) is 36.4 Å². The molecule has 1 amide bonds. The fourth-order valence-corrected chi connectivity index (χ4v) is 3.66. The Morgan fingerprint density at radius 2 is 1.96 bits per heavy atom. The summed E-state index contributed by atoms with van der Waals surface area (Å²) in [6.07, 6.45) is 5.68. The fraction of sp³-hybridized carbons (Fsp3) is 0.318. The molecule has 0 radical (unpaired) electrons. The van der Waals surface area contributed by atoms with Gasteiger partial charge in [-0.2, -0.15) is 0 Å². The summed E-state index contributed by atoms with van der Waals surface area (Å²) in [7, 11) is 1.62. The van der Waals surface area contributed by atoms with Gasteiger partial charge < -0.3 is 15.0 Å². The van der Waals surface area contributed by atoms with Crippen molar-refractivity contribution < 1.29 is 9.53 Å². The van der Waals surface area contributed by atoms with Crippen molar-refractivity contribution in [2.45, 2.75) is 19.8 Å². The zero-order valence-electron chi connectivity index (χ0n) is 15.7. The maximum absolute atomic E-state index is 12.5. The topological polar surface area (TPSA) is 41.6 Å². The van der Waals surface area contributed by atoms with Gasteiger partial charge in [0.15, 0.2) is 0 Å².